The highest BCUT2D eigenvalue weighted by molar-refractivity contribution is 5.80. The minimum atomic E-state index is -0.173. The van der Waals surface area contributed by atoms with Crippen LogP contribution in [0.25, 0.3) is 0 Å². The topological polar surface area (TPSA) is 48.9 Å². The molecule has 0 saturated carbocycles. The summed E-state index contributed by atoms with van der Waals surface area (Å²) in [6.07, 6.45) is 2.17. The fraction of sp³-hybridized carbons (Fsp3) is 0.632. The van der Waals surface area contributed by atoms with Gasteiger partial charge in [-0.3, -0.25) is 9.89 Å². The smallest absolute Gasteiger partial charge is 0.191 e. The Morgan fingerprint density at radius 3 is 2.52 bits per heavy atom. The second-order valence-electron chi connectivity index (χ2n) is 7.55. The average molecular weight is 348 g/mol. The van der Waals surface area contributed by atoms with E-state index in [0.717, 1.165) is 58.2 Å². The molecule has 2 saturated heterocycles. The van der Waals surface area contributed by atoms with Gasteiger partial charge >= 0.3 is 0 Å². The van der Waals surface area contributed by atoms with Crippen LogP contribution in [0.5, 0.6) is 0 Å². The highest BCUT2D eigenvalue weighted by Gasteiger charge is 2.33. The van der Waals surface area contributed by atoms with Gasteiger partial charge in [0.15, 0.2) is 5.96 Å². The number of benzene rings is 1. The van der Waals surface area contributed by atoms with E-state index < -0.39 is 0 Å². The van der Waals surface area contributed by atoms with Crippen molar-refractivity contribution in [2.24, 2.45) is 10.4 Å². The van der Waals surface area contributed by atoms with Gasteiger partial charge < -0.3 is 15.4 Å². The summed E-state index contributed by atoms with van der Waals surface area (Å²) in [6.45, 7) is 7.71. The van der Waals surface area contributed by atoms with Crippen LogP contribution in [0, 0.1) is 11.2 Å². The molecule has 0 spiro atoms. The molecule has 2 aliphatic heterocycles. The molecule has 6 heteroatoms. The van der Waals surface area contributed by atoms with E-state index in [1.807, 2.05) is 19.2 Å². The monoisotopic (exact) mass is 348 g/mol. The predicted octanol–water partition coefficient (Wildman–Crippen LogP) is 1.99. The number of aliphatic imine (C=N–C) groups is 1. The van der Waals surface area contributed by atoms with Crippen LogP contribution in [0.3, 0.4) is 0 Å². The number of guanidine groups is 1. The molecule has 5 nitrogen and oxygen atoms in total. The molecule has 138 valence electrons. The van der Waals surface area contributed by atoms with Crippen molar-refractivity contribution in [3.05, 3.63) is 35.6 Å². The predicted molar refractivity (Wildman–Crippen MR) is 98.1 cm³/mol. The summed E-state index contributed by atoms with van der Waals surface area (Å²) in [7, 11) is 1.82. The molecule has 0 aliphatic carbocycles. The summed E-state index contributed by atoms with van der Waals surface area (Å²) < 4.78 is 18.3. The molecule has 2 heterocycles. The van der Waals surface area contributed by atoms with Gasteiger partial charge in [-0.15, -0.1) is 0 Å². The summed E-state index contributed by atoms with van der Waals surface area (Å²) in [6, 6.07) is 7.26. The Morgan fingerprint density at radius 1 is 1.28 bits per heavy atom. The Kier molecular flexibility index (Phi) is 5.91. The molecule has 2 fully saturated rings. The SMILES string of the molecule is CN=C(NCC1(C)COC1)NC1CCN(Cc2ccc(F)cc2)CC1. The van der Waals surface area contributed by atoms with Gasteiger partial charge in [0, 0.05) is 44.7 Å². The lowest BCUT2D eigenvalue weighted by molar-refractivity contribution is -0.0971. The van der Waals surface area contributed by atoms with Crippen molar-refractivity contribution >= 4 is 5.96 Å². The minimum absolute atomic E-state index is 0.173. The number of hydrogen-bond donors (Lipinski definition) is 2. The molecule has 0 unspecified atom stereocenters. The minimum Gasteiger partial charge on any atom is -0.380 e. The number of likely N-dealkylation sites (tertiary alicyclic amines) is 1. The second-order valence-corrected chi connectivity index (χ2v) is 7.55. The van der Waals surface area contributed by atoms with E-state index in [9.17, 15) is 4.39 Å². The Balaban J connectivity index is 1.39. The highest BCUT2D eigenvalue weighted by atomic mass is 19.1. The van der Waals surface area contributed by atoms with E-state index >= 15 is 0 Å². The van der Waals surface area contributed by atoms with E-state index in [-0.39, 0.29) is 11.2 Å². The van der Waals surface area contributed by atoms with Gasteiger partial charge in [-0.1, -0.05) is 19.1 Å². The first-order valence-electron chi connectivity index (χ1n) is 9.08. The summed E-state index contributed by atoms with van der Waals surface area (Å²) in [4.78, 5) is 6.77. The van der Waals surface area contributed by atoms with Crippen molar-refractivity contribution in [3.8, 4) is 0 Å². The summed E-state index contributed by atoms with van der Waals surface area (Å²) in [5, 5.41) is 6.97. The number of piperidine rings is 1. The van der Waals surface area contributed by atoms with Gasteiger partial charge in [0.2, 0.25) is 0 Å². The van der Waals surface area contributed by atoms with E-state index in [1.165, 1.54) is 17.7 Å². The standard InChI is InChI=1S/C19H29FN4O/c1-19(13-25-14-19)12-22-18(21-2)23-17-7-9-24(10-8-17)11-15-3-5-16(20)6-4-15/h3-6,17H,7-14H2,1-2H3,(H2,21,22,23). The van der Waals surface area contributed by atoms with Crippen molar-refractivity contribution in [1.29, 1.82) is 0 Å². The highest BCUT2D eigenvalue weighted by Crippen LogP contribution is 2.25. The third-order valence-corrected chi connectivity index (χ3v) is 5.06. The second kappa shape index (κ2) is 8.15. The zero-order valence-corrected chi connectivity index (χ0v) is 15.2. The lowest BCUT2D eigenvalue weighted by Gasteiger charge is -2.39. The average Bonchev–Trinajstić information content (AvgIpc) is 2.60. The normalized spacial score (nSPS) is 21.6. The van der Waals surface area contributed by atoms with Crippen LogP contribution in [0.1, 0.15) is 25.3 Å². The molecule has 2 aliphatic rings. The van der Waals surface area contributed by atoms with Crippen LogP contribution in [0.2, 0.25) is 0 Å². The molecule has 3 rings (SSSR count). The van der Waals surface area contributed by atoms with Crippen molar-refractivity contribution in [1.82, 2.24) is 15.5 Å². The summed E-state index contributed by atoms with van der Waals surface area (Å²) in [5.74, 6) is 0.706. The molecule has 1 aromatic rings. The molecule has 0 radical (unpaired) electrons. The number of hydrogen-bond acceptors (Lipinski definition) is 3. The maximum absolute atomic E-state index is 13.0. The molecule has 0 amide bonds. The first kappa shape index (κ1) is 18.1. The summed E-state index contributed by atoms with van der Waals surface area (Å²) in [5.41, 5.74) is 1.40. The van der Waals surface area contributed by atoms with Crippen molar-refractivity contribution in [2.75, 3.05) is 39.9 Å². The lowest BCUT2D eigenvalue weighted by atomic mass is 9.89. The van der Waals surface area contributed by atoms with Gasteiger partial charge in [-0.2, -0.15) is 0 Å². The maximum Gasteiger partial charge on any atom is 0.191 e. The zero-order valence-electron chi connectivity index (χ0n) is 15.2. The third kappa shape index (κ3) is 5.16. The number of ether oxygens (including phenoxy) is 1. The Labute approximate surface area is 149 Å². The maximum atomic E-state index is 13.0. The van der Waals surface area contributed by atoms with Gasteiger partial charge in [-0.05, 0) is 30.5 Å². The number of rotatable bonds is 5. The van der Waals surface area contributed by atoms with Crippen molar-refractivity contribution in [3.63, 3.8) is 0 Å². The molecule has 0 atom stereocenters. The van der Waals surface area contributed by atoms with Crippen LogP contribution in [0.4, 0.5) is 4.39 Å². The van der Waals surface area contributed by atoms with Gasteiger partial charge in [-0.25, -0.2) is 4.39 Å². The van der Waals surface area contributed by atoms with Crippen LogP contribution < -0.4 is 10.6 Å². The quantitative estimate of drug-likeness (QED) is 0.631. The van der Waals surface area contributed by atoms with Crippen LogP contribution in [0.15, 0.2) is 29.3 Å². The van der Waals surface area contributed by atoms with Crippen LogP contribution >= 0.6 is 0 Å². The van der Waals surface area contributed by atoms with Crippen LogP contribution in [-0.2, 0) is 11.3 Å². The third-order valence-electron chi connectivity index (χ3n) is 5.06. The Morgan fingerprint density at radius 2 is 1.96 bits per heavy atom. The van der Waals surface area contributed by atoms with Gasteiger partial charge in [0.1, 0.15) is 5.82 Å². The molecule has 25 heavy (non-hydrogen) atoms. The molecular formula is C19H29FN4O. The largest absolute Gasteiger partial charge is 0.380 e. The molecule has 2 N–H and O–H groups in total. The molecule has 0 bridgehead atoms. The summed E-state index contributed by atoms with van der Waals surface area (Å²) >= 11 is 0. The van der Waals surface area contributed by atoms with E-state index in [1.54, 1.807) is 0 Å². The number of nitrogens with zero attached hydrogens (tertiary/aromatic N) is 2. The zero-order chi connectivity index (χ0) is 17.7. The fourth-order valence-corrected chi connectivity index (χ4v) is 3.32. The molecule has 0 aromatic heterocycles. The number of nitrogens with one attached hydrogen (secondary N) is 2. The fourth-order valence-electron chi connectivity index (χ4n) is 3.32. The first-order valence-corrected chi connectivity index (χ1v) is 9.08. The van der Waals surface area contributed by atoms with Crippen molar-refractivity contribution < 1.29 is 9.13 Å². The van der Waals surface area contributed by atoms with Crippen LogP contribution in [-0.4, -0.2) is 56.8 Å². The Bertz CT molecular complexity index is 578. The van der Waals surface area contributed by atoms with E-state index in [0.29, 0.717) is 6.04 Å². The van der Waals surface area contributed by atoms with Gasteiger partial charge in [0.25, 0.3) is 0 Å². The van der Waals surface area contributed by atoms with E-state index in [4.69, 9.17) is 4.74 Å². The molecular weight excluding hydrogens is 319 g/mol. The number of halogens is 1. The molecule has 1 aromatic carbocycles. The van der Waals surface area contributed by atoms with Gasteiger partial charge in [0.05, 0.1) is 13.2 Å². The lowest BCUT2D eigenvalue weighted by Crippen LogP contribution is -2.53. The van der Waals surface area contributed by atoms with E-state index in [2.05, 4.69) is 27.4 Å². The Hall–Kier alpha value is -1.66. The first-order chi connectivity index (χ1) is 12.1. The van der Waals surface area contributed by atoms with Crippen molar-refractivity contribution in [2.45, 2.75) is 32.4 Å².